The van der Waals surface area contributed by atoms with Crippen LogP contribution >= 0.6 is 11.3 Å². The SMILES string of the molecule is O=C(Cc1cccs1)Nc1ccccc1C1=NCCN1. The lowest BCUT2D eigenvalue weighted by molar-refractivity contribution is -0.115. The van der Waals surface area contributed by atoms with Gasteiger partial charge in [0.15, 0.2) is 0 Å². The number of aliphatic imine (C=N–C) groups is 1. The van der Waals surface area contributed by atoms with Crippen LogP contribution in [0.4, 0.5) is 5.69 Å². The van der Waals surface area contributed by atoms with E-state index in [1.807, 2.05) is 41.8 Å². The van der Waals surface area contributed by atoms with Gasteiger partial charge in [0.1, 0.15) is 5.84 Å². The minimum absolute atomic E-state index is 0.00139. The molecule has 0 saturated heterocycles. The predicted octanol–water partition coefficient (Wildman–Crippen LogP) is 2.28. The van der Waals surface area contributed by atoms with Gasteiger partial charge in [-0.05, 0) is 23.6 Å². The number of para-hydroxylation sites is 1. The van der Waals surface area contributed by atoms with Crippen molar-refractivity contribution >= 4 is 28.8 Å². The number of hydrogen-bond donors (Lipinski definition) is 2. The predicted molar refractivity (Wildman–Crippen MR) is 82.5 cm³/mol. The van der Waals surface area contributed by atoms with Crippen molar-refractivity contribution in [2.45, 2.75) is 6.42 Å². The average Bonchev–Trinajstić information content (AvgIpc) is 3.11. The molecule has 0 spiro atoms. The number of amidine groups is 1. The van der Waals surface area contributed by atoms with Crippen LogP contribution in [0.5, 0.6) is 0 Å². The molecular formula is C15H15N3OS. The molecule has 3 rings (SSSR count). The molecule has 0 fully saturated rings. The molecule has 2 aromatic rings. The second-order valence-electron chi connectivity index (χ2n) is 4.51. The molecule has 4 nitrogen and oxygen atoms in total. The van der Waals surface area contributed by atoms with E-state index < -0.39 is 0 Å². The Morgan fingerprint density at radius 3 is 2.95 bits per heavy atom. The maximum atomic E-state index is 12.1. The molecule has 0 saturated carbocycles. The van der Waals surface area contributed by atoms with Gasteiger partial charge in [-0.25, -0.2) is 0 Å². The number of benzene rings is 1. The molecule has 0 aliphatic carbocycles. The Morgan fingerprint density at radius 1 is 1.30 bits per heavy atom. The van der Waals surface area contributed by atoms with Gasteiger partial charge in [0.2, 0.25) is 5.91 Å². The van der Waals surface area contributed by atoms with E-state index in [1.54, 1.807) is 11.3 Å². The number of nitrogens with one attached hydrogen (secondary N) is 2. The number of hydrogen-bond acceptors (Lipinski definition) is 4. The lowest BCUT2D eigenvalue weighted by Crippen LogP contribution is -2.22. The smallest absolute Gasteiger partial charge is 0.229 e. The summed E-state index contributed by atoms with van der Waals surface area (Å²) < 4.78 is 0. The summed E-state index contributed by atoms with van der Waals surface area (Å²) in [7, 11) is 0. The fourth-order valence-corrected chi connectivity index (χ4v) is 2.85. The summed E-state index contributed by atoms with van der Waals surface area (Å²) in [6.45, 7) is 1.64. The van der Waals surface area contributed by atoms with E-state index in [4.69, 9.17) is 0 Å². The zero-order valence-corrected chi connectivity index (χ0v) is 11.7. The third-order valence-electron chi connectivity index (χ3n) is 3.05. The fourth-order valence-electron chi connectivity index (χ4n) is 2.14. The standard InChI is InChI=1S/C15H15N3OS/c19-14(10-11-4-3-9-20-11)18-13-6-2-1-5-12(13)15-16-7-8-17-15/h1-6,9H,7-8,10H2,(H,16,17)(H,18,19). The number of nitrogens with zero attached hydrogens (tertiary/aromatic N) is 1. The van der Waals surface area contributed by atoms with Crippen molar-refractivity contribution in [3.8, 4) is 0 Å². The van der Waals surface area contributed by atoms with Crippen molar-refractivity contribution < 1.29 is 4.79 Å². The second-order valence-corrected chi connectivity index (χ2v) is 5.54. The van der Waals surface area contributed by atoms with Gasteiger partial charge in [-0.2, -0.15) is 0 Å². The van der Waals surface area contributed by atoms with Crippen LogP contribution in [-0.2, 0) is 11.2 Å². The van der Waals surface area contributed by atoms with Crippen LogP contribution in [0.3, 0.4) is 0 Å². The number of thiophene rings is 1. The van der Waals surface area contributed by atoms with Gasteiger partial charge < -0.3 is 10.6 Å². The summed E-state index contributed by atoms with van der Waals surface area (Å²) in [5.41, 5.74) is 1.76. The molecule has 2 heterocycles. The Bertz CT molecular complexity index is 634. The highest BCUT2D eigenvalue weighted by Gasteiger charge is 2.14. The van der Waals surface area contributed by atoms with E-state index in [0.717, 1.165) is 35.1 Å². The zero-order valence-electron chi connectivity index (χ0n) is 10.9. The molecule has 1 aliphatic rings. The normalized spacial score (nSPS) is 13.7. The third-order valence-corrected chi connectivity index (χ3v) is 3.92. The van der Waals surface area contributed by atoms with Gasteiger partial charge in [-0.3, -0.25) is 9.79 Å². The van der Waals surface area contributed by atoms with Crippen molar-refractivity contribution in [2.75, 3.05) is 18.4 Å². The Labute approximate surface area is 121 Å². The maximum absolute atomic E-state index is 12.1. The van der Waals surface area contributed by atoms with E-state index in [9.17, 15) is 4.79 Å². The Hall–Kier alpha value is -2.14. The molecule has 1 amide bonds. The van der Waals surface area contributed by atoms with Gasteiger partial charge in [0.05, 0.1) is 18.7 Å². The van der Waals surface area contributed by atoms with Gasteiger partial charge in [-0.15, -0.1) is 11.3 Å². The van der Waals surface area contributed by atoms with Gasteiger partial charge in [0.25, 0.3) is 0 Å². The average molecular weight is 285 g/mol. The van der Waals surface area contributed by atoms with Crippen LogP contribution in [0.15, 0.2) is 46.8 Å². The van der Waals surface area contributed by atoms with Crippen LogP contribution < -0.4 is 10.6 Å². The fraction of sp³-hybridized carbons (Fsp3) is 0.200. The summed E-state index contributed by atoms with van der Waals surface area (Å²) >= 11 is 1.59. The first-order chi connectivity index (χ1) is 9.83. The van der Waals surface area contributed by atoms with Crippen molar-refractivity contribution in [1.82, 2.24) is 5.32 Å². The van der Waals surface area contributed by atoms with Gasteiger partial charge in [0, 0.05) is 17.0 Å². The van der Waals surface area contributed by atoms with Crippen molar-refractivity contribution in [3.63, 3.8) is 0 Å². The molecule has 0 atom stereocenters. The molecule has 1 aromatic carbocycles. The third kappa shape index (κ3) is 2.88. The largest absolute Gasteiger partial charge is 0.368 e. The molecule has 5 heteroatoms. The molecular weight excluding hydrogens is 270 g/mol. The van der Waals surface area contributed by atoms with Crippen LogP contribution in [-0.4, -0.2) is 24.8 Å². The summed E-state index contributed by atoms with van der Waals surface area (Å²) in [5, 5.41) is 8.19. The quantitative estimate of drug-likeness (QED) is 0.905. The van der Waals surface area contributed by atoms with Crippen molar-refractivity contribution in [3.05, 3.63) is 52.2 Å². The first kappa shape index (κ1) is 12.9. The summed E-state index contributed by atoms with van der Waals surface area (Å²) in [5.74, 6) is 0.857. The molecule has 0 unspecified atom stereocenters. The van der Waals surface area contributed by atoms with Gasteiger partial charge >= 0.3 is 0 Å². The molecule has 2 N–H and O–H groups in total. The second kappa shape index (κ2) is 5.88. The summed E-state index contributed by atoms with van der Waals surface area (Å²) in [6.07, 6.45) is 0.409. The highest BCUT2D eigenvalue weighted by molar-refractivity contribution is 7.10. The molecule has 1 aliphatic heterocycles. The highest BCUT2D eigenvalue weighted by atomic mass is 32.1. The number of anilines is 1. The zero-order chi connectivity index (χ0) is 13.8. The molecule has 20 heavy (non-hydrogen) atoms. The van der Waals surface area contributed by atoms with E-state index >= 15 is 0 Å². The monoisotopic (exact) mass is 285 g/mol. The van der Waals surface area contributed by atoms with Crippen LogP contribution in [0, 0.1) is 0 Å². The summed E-state index contributed by atoms with van der Waals surface area (Å²) in [6, 6.07) is 11.7. The number of carbonyl (C=O) groups is 1. The molecule has 1 aromatic heterocycles. The molecule has 0 radical (unpaired) electrons. The van der Waals surface area contributed by atoms with E-state index in [-0.39, 0.29) is 5.91 Å². The van der Waals surface area contributed by atoms with Crippen LogP contribution in [0.25, 0.3) is 0 Å². The van der Waals surface area contributed by atoms with E-state index in [2.05, 4.69) is 15.6 Å². The van der Waals surface area contributed by atoms with E-state index in [1.165, 1.54) is 0 Å². The number of rotatable bonds is 4. The Morgan fingerprint density at radius 2 is 2.20 bits per heavy atom. The Kier molecular flexibility index (Phi) is 3.78. The minimum atomic E-state index is -0.00139. The molecule has 0 bridgehead atoms. The number of carbonyl (C=O) groups excluding carboxylic acids is 1. The number of amides is 1. The van der Waals surface area contributed by atoms with Crippen LogP contribution in [0.1, 0.15) is 10.4 Å². The van der Waals surface area contributed by atoms with Crippen molar-refractivity contribution in [2.24, 2.45) is 4.99 Å². The van der Waals surface area contributed by atoms with Crippen LogP contribution in [0.2, 0.25) is 0 Å². The summed E-state index contributed by atoms with van der Waals surface area (Å²) in [4.78, 5) is 17.6. The maximum Gasteiger partial charge on any atom is 0.229 e. The molecule has 102 valence electrons. The Balaban J connectivity index is 1.75. The lowest BCUT2D eigenvalue weighted by Gasteiger charge is -2.11. The van der Waals surface area contributed by atoms with Gasteiger partial charge in [-0.1, -0.05) is 18.2 Å². The minimum Gasteiger partial charge on any atom is -0.368 e. The lowest BCUT2D eigenvalue weighted by atomic mass is 10.1. The van der Waals surface area contributed by atoms with Crippen molar-refractivity contribution in [1.29, 1.82) is 0 Å². The topological polar surface area (TPSA) is 53.5 Å². The van der Waals surface area contributed by atoms with E-state index in [0.29, 0.717) is 6.42 Å². The first-order valence-corrected chi connectivity index (χ1v) is 7.41. The highest BCUT2D eigenvalue weighted by Crippen LogP contribution is 2.17. The first-order valence-electron chi connectivity index (χ1n) is 6.53.